The topological polar surface area (TPSA) is 0 Å². The molecule has 9 fully saturated rings. The van der Waals surface area contributed by atoms with Crippen molar-refractivity contribution in [3.8, 4) is 22.3 Å². The van der Waals surface area contributed by atoms with Crippen molar-refractivity contribution in [1.29, 1.82) is 0 Å². The molecule has 0 saturated heterocycles. The van der Waals surface area contributed by atoms with Gasteiger partial charge in [-0.1, -0.05) is 91.6 Å². The Hall–Kier alpha value is -2.22. The van der Waals surface area contributed by atoms with Crippen molar-refractivity contribution in [2.24, 2.45) is 35.5 Å². The van der Waals surface area contributed by atoms with Gasteiger partial charge in [0.1, 0.15) is 0 Å². The first kappa shape index (κ1) is 48.7. The van der Waals surface area contributed by atoms with Gasteiger partial charge < -0.3 is 14.9 Å². The summed E-state index contributed by atoms with van der Waals surface area (Å²) in [6, 6.07) is 43.0. The molecule has 332 valence electrons. The van der Waals surface area contributed by atoms with Gasteiger partial charge in [0.2, 0.25) is 0 Å². The van der Waals surface area contributed by atoms with E-state index in [0.717, 1.165) is 47.8 Å². The first-order valence-corrected chi connectivity index (χ1v) is 28.0. The molecule has 9 saturated carbocycles. The van der Waals surface area contributed by atoms with Crippen LogP contribution in [0.2, 0.25) is 0 Å². The second-order valence-corrected chi connectivity index (χ2v) is 21.2. The minimum Gasteiger partial charge on any atom is -0.164 e. The number of hydrogen-bond donors (Lipinski definition) is 0. The molecule has 4 heteroatoms. The van der Waals surface area contributed by atoms with Gasteiger partial charge in [-0.2, -0.15) is 12.1 Å². The zero-order chi connectivity index (χ0) is 39.7. The van der Waals surface area contributed by atoms with Gasteiger partial charge in [0.05, 0.1) is 0 Å². The van der Waals surface area contributed by atoms with Crippen LogP contribution in [0.3, 0.4) is 0 Å². The summed E-state index contributed by atoms with van der Waals surface area (Å²) < 4.78 is 0. The minimum atomic E-state index is 0. The fourth-order valence-corrected chi connectivity index (χ4v) is 15.7. The predicted octanol–water partition coefficient (Wildman–Crippen LogP) is 17.0. The van der Waals surface area contributed by atoms with E-state index in [1.165, 1.54) is 175 Å². The number of rotatable bonds is 6. The van der Waals surface area contributed by atoms with E-state index in [0.29, 0.717) is 10.8 Å². The van der Waals surface area contributed by atoms with Crippen LogP contribution in [0.1, 0.15) is 138 Å². The van der Waals surface area contributed by atoms with E-state index < -0.39 is 0 Å². The SMILES string of the molecule is CCc1cc2c(-c3ccc(C45CC6CC(CC(C6)C4)C5)cc3)cccc2[cH-]1.Cl.Cl.[CH3-].[CH3-].[Si]=[Zr].c1cc(-c2ccc(C34CC5CC(CC(C5)C3)C4)cc2)c2cc(C3CCCC3)[cH-]c2c1. The Morgan fingerprint density at radius 2 is 0.905 bits per heavy atom. The quantitative estimate of drug-likeness (QED) is 0.115. The summed E-state index contributed by atoms with van der Waals surface area (Å²) >= 11 is 1.36. The summed E-state index contributed by atoms with van der Waals surface area (Å²) in [7, 11) is 0. The molecule has 0 heterocycles. The molecule has 9 aliphatic carbocycles. The molecule has 0 aromatic heterocycles. The standard InChI is InChI=1S/C30H33.C27H29.2CH3.2ClH.Si.Zr/c1-2-5-23(4-1)26-15-25-6-3-7-28(29(25)16-26)24-8-10-27(11-9-24)30-17-20-12-21(18-30)14-22(13-20)19-30;1-2-18-13-23-4-3-5-25(26(23)14-18)22-6-8-24(9-7-22)27-15-19-10-20(16-27)12-21(11-19)17-27;;;;;;/h3,6-11,15-16,20-23H,1-2,4-5,12-14,17-19H2;3-9,13-14,19-21H,2,10-12,15-17H2,1H3;2*1H3;2*1H;;/q4*-1;;;;. The summed E-state index contributed by atoms with van der Waals surface area (Å²) in [6.07, 6.45) is 24.6. The van der Waals surface area contributed by atoms with E-state index in [-0.39, 0.29) is 39.7 Å². The smallest absolute Gasteiger partial charge is 0.00391 e. The molecule has 8 bridgehead atoms. The Bertz CT molecular complexity index is 2370. The van der Waals surface area contributed by atoms with Crippen LogP contribution in [0, 0.1) is 50.4 Å². The van der Waals surface area contributed by atoms with Gasteiger partial charge in [-0.3, -0.25) is 0 Å². The number of benzene rings is 4. The Kier molecular flexibility index (Phi) is 15.4. The molecule has 2 radical (unpaired) electrons. The normalized spacial score (nSPS) is 29.3. The molecule has 15 rings (SSSR count). The minimum absolute atomic E-state index is 0. The maximum atomic E-state index is 3.06. The number of aryl methyl sites for hydroxylation is 1. The van der Waals surface area contributed by atoms with Crippen molar-refractivity contribution < 1.29 is 23.3 Å². The molecule has 9 aliphatic rings. The van der Waals surface area contributed by atoms with Gasteiger partial charge in [0.25, 0.3) is 0 Å². The van der Waals surface area contributed by atoms with Gasteiger partial charge >= 0.3 is 30.2 Å². The van der Waals surface area contributed by atoms with Gasteiger partial charge in [-0.15, -0.1) is 93.9 Å². The molecule has 63 heavy (non-hydrogen) atoms. The van der Waals surface area contributed by atoms with Crippen LogP contribution < -0.4 is 0 Å². The Morgan fingerprint density at radius 1 is 0.524 bits per heavy atom. The molecule has 0 nitrogen and oxygen atoms in total. The van der Waals surface area contributed by atoms with Crippen LogP contribution in [0.15, 0.2) is 109 Å². The largest absolute Gasteiger partial charge is 0.164 e. The van der Waals surface area contributed by atoms with E-state index in [4.69, 9.17) is 0 Å². The van der Waals surface area contributed by atoms with E-state index in [1.54, 1.807) is 16.7 Å². The monoisotopic (exact) mass is 966 g/mol. The molecule has 0 spiro atoms. The van der Waals surface area contributed by atoms with Crippen molar-refractivity contribution >= 4 is 53.2 Å². The van der Waals surface area contributed by atoms with Crippen LogP contribution in [-0.4, -0.2) is 6.88 Å². The van der Waals surface area contributed by atoms with E-state index >= 15 is 0 Å². The molecule has 0 unspecified atom stereocenters. The van der Waals surface area contributed by atoms with Gasteiger partial charge in [-0.05, 0) is 171 Å². The van der Waals surface area contributed by atoms with Crippen molar-refractivity contribution in [3.63, 3.8) is 0 Å². The molecule has 0 N–H and O–H groups in total. The summed E-state index contributed by atoms with van der Waals surface area (Å²) in [4.78, 5) is 0. The average molecular weight is 969 g/mol. The molecule has 6 aromatic rings. The maximum absolute atomic E-state index is 3.06. The summed E-state index contributed by atoms with van der Waals surface area (Å²) in [5.41, 5.74) is 12.9. The van der Waals surface area contributed by atoms with E-state index in [9.17, 15) is 0 Å². The third-order valence-electron chi connectivity index (χ3n) is 17.5. The fourth-order valence-electron chi connectivity index (χ4n) is 15.7. The Balaban J connectivity index is 0.000000172. The van der Waals surface area contributed by atoms with Crippen molar-refractivity contribution in [3.05, 3.63) is 146 Å². The van der Waals surface area contributed by atoms with Gasteiger partial charge in [0.15, 0.2) is 0 Å². The third-order valence-corrected chi connectivity index (χ3v) is 17.5. The number of halogens is 2. The summed E-state index contributed by atoms with van der Waals surface area (Å²) in [5.74, 6) is 6.89. The molecular formula is C59H70Cl2SiZr-4. The maximum Gasteiger partial charge on any atom is -0.00391 e. The molecule has 0 aliphatic heterocycles. The first-order valence-electron chi connectivity index (χ1n) is 23.8. The molecule has 0 amide bonds. The van der Waals surface area contributed by atoms with E-state index in [2.05, 4.69) is 123 Å². The van der Waals surface area contributed by atoms with Gasteiger partial charge in [0, 0.05) is 0 Å². The second-order valence-electron chi connectivity index (χ2n) is 21.2. The van der Waals surface area contributed by atoms with Gasteiger partial charge in [-0.25, -0.2) is 0 Å². The number of fused-ring (bicyclic) bond motifs is 2. The molecular weight excluding hydrogens is 899 g/mol. The van der Waals surface area contributed by atoms with Crippen LogP contribution in [0.5, 0.6) is 0 Å². The van der Waals surface area contributed by atoms with Crippen molar-refractivity contribution in [2.45, 2.75) is 133 Å². The fraction of sp³-hybridized carbons (Fsp3) is 0.458. The average Bonchev–Trinajstić information content (AvgIpc) is 4.04. The Labute approximate surface area is 410 Å². The molecule has 0 atom stereocenters. The van der Waals surface area contributed by atoms with Crippen LogP contribution in [0.4, 0.5) is 0 Å². The Morgan fingerprint density at radius 3 is 1.30 bits per heavy atom. The summed E-state index contributed by atoms with van der Waals surface area (Å²) in [6.45, 7) is 5.31. The zero-order valence-corrected chi connectivity index (χ0v) is 43.4. The van der Waals surface area contributed by atoms with E-state index in [1.807, 2.05) is 0 Å². The van der Waals surface area contributed by atoms with Crippen LogP contribution in [-0.2, 0) is 40.6 Å². The number of hydrogen-bond acceptors (Lipinski definition) is 0. The third kappa shape index (κ3) is 9.02. The predicted molar refractivity (Wildman–Crippen MR) is 273 cm³/mol. The second kappa shape index (κ2) is 19.9. The van der Waals surface area contributed by atoms with Crippen molar-refractivity contribution in [1.82, 2.24) is 0 Å². The van der Waals surface area contributed by atoms with Crippen LogP contribution >= 0.6 is 24.8 Å². The van der Waals surface area contributed by atoms with Crippen LogP contribution in [0.25, 0.3) is 43.8 Å². The zero-order valence-electron chi connectivity index (χ0n) is 38.3. The van der Waals surface area contributed by atoms with Crippen molar-refractivity contribution in [2.75, 3.05) is 0 Å². The molecule has 6 aromatic carbocycles. The summed E-state index contributed by atoms with van der Waals surface area (Å²) in [5, 5.41) is 5.69. The first-order chi connectivity index (χ1) is 29.0.